The number of carbonyl (C=O) groups is 2. The molecule has 3 rings (SSSR count). The van der Waals surface area contributed by atoms with E-state index in [9.17, 15) is 18.0 Å². The number of esters is 1. The summed E-state index contributed by atoms with van der Waals surface area (Å²) in [6.07, 6.45) is 2.97. The van der Waals surface area contributed by atoms with Gasteiger partial charge in [0.2, 0.25) is 0 Å². The molecule has 1 aromatic carbocycles. The molecule has 1 amide bonds. The molecule has 0 saturated carbocycles. The van der Waals surface area contributed by atoms with Gasteiger partial charge in [-0.2, -0.15) is 0 Å². The van der Waals surface area contributed by atoms with Crippen LogP contribution < -0.4 is 4.72 Å². The van der Waals surface area contributed by atoms with E-state index in [2.05, 4.69) is 9.71 Å². The Hall–Kier alpha value is -2.42. The molecule has 2 heterocycles. The highest BCUT2D eigenvalue weighted by molar-refractivity contribution is 7.90. The molecular weight excluding hydrogens is 382 g/mol. The number of likely N-dealkylation sites (tertiary alicyclic amines) is 1. The quantitative estimate of drug-likeness (QED) is 0.744. The van der Waals surface area contributed by atoms with Crippen molar-refractivity contribution in [3.8, 4) is 0 Å². The molecule has 0 aromatic heterocycles. The van der Waals surface area contributed by atoms with E-state index in [1.165, 1.54) is 6.07 Å². The molecule has 0 aliphatic carbocycles. The van der Waals surface area contributed by atoms with E-state index in [0.717, 1.165) is 19.3 Å². The first-order chi connectivity index (χ1) is 13.3. The maximum absolute atomic E-state index is 12.4. The number of ether oxygens (including phenoxy) is 1. The highest BCUT2D eigenvalue weighted by Gasteiger charge is 2.31. The van der Waals surface area contributed by atoms with E-state index in [-0.39, 0.29) is 48.3 Å². The Balaban J connectivity index is 1.50. The smallest absolute Gasteiger partial charge is 0.308 e. The number of hydrogen-bond donors (Lipinski definition) is 1. The molecule has 1 fully saturated rings. The maximum atomic E-state index is 12.4. The number of amides is 1. The van der Waals surface area contributed by atoms with Gasteiger partial charge < -0.3 is 9.64 Å². The molecule has 0 unspecified atom stereocenters. The van der Waals surface area contributed by atoms with Crippen molar-refractivity contribution in [3.63, 3.8) is 0 Å². The fourth-order valence-corrected chi connectivity index (χ4v) is 4.96. The Bertz CT molecular complexity index is 887. The summed E-state index contributed by atoms with van der Waals surface area (Å²) in [7, 11) is -3.60. The average Bonchev–Trinajstić information content (AvgIpc) is 2.91. The molecule has 152 valence electrons. The molecule has 2 atom stereocenters. The third kappa shape index (κ3) is 4.35. The lowest BCUT2D eigenvalue weighted by molar-refractivity contribution is -0.154. The van der Waals surface area contributed by atoms with Gasteiger partial charge >= 0.3 is 5.97 Å². The van der Waals surface area contributed by atoms with Crippen LogP contribution in [-0.2, 0) is 24.3 Å². The lowest BCUT2D eigenvalue weighted by atomic mass is 9.97. The molecule has 1 aromatic rings. The van der Waals surface area contributed by atoms with Crippen LogP contribution in [0, 0.1) is 0 Å². The first-order valence-corrected chi connectivity index (χ1v) is 10.9. The summed E-state index contributed by atoms with van der Waals surface area (Å²) in [5.41, 5.74) is 0.485. The Labute approximate surface area is 165 Å². The van der Waals surface area contributed by atoms with E-state index in [1.54, 1.807) is 23.1 Å². The van der Waals surface area contributed by atoms with Crippen LogP contribution in [0.2, 0.25) is 0 Å². The fraction of sp³-hybridized carbons (Fsp3) is 0.526. The summed E-state index contributed by atoms with van der Waals surface area (Å²) >= 11 is 0. The van der Waals surface area contributed by atoms with E-state index in [0.29, 0.717) is 5.56 Å². The van der Waals surface area contributed by atoms with Crippen LogP contribution >= 0.6 is 0 Å². The van der Waals surface area contributed by atoms with Gasteiger partial charge in [-0.3, -0.25) is 19.3 Å². The molecule has 8 nitrogen and oxygen atoms in total. The van der Waals surface area contributed by atoms with E-state index in [4.69, 9.17) is 4.74 Å². The number of nitrogens with zero attached hydrogens (tertiary/aromatic N) is 2. The molecular formula is C19H25N3O5S. The van der Waals surface area contributed by atoms with Crippen molar-refractivity contribution in [3.05, 3.63) is 29.8 Å². The molecule has 9 heteroatoms. The topological polar surface area (TPSA) is 105 Å². The van der Waals surface area contributed by atoms with Crippen LogP contribution in [-0.4, -0.2) is 56.3 Å². The van der Waals surface area contributed by atoms with Crippen molar-refractivity contribution < 1.29 is 22.7 Å². The van der Waals surface area contributed by atoms with Crippen LogP contribution in [0.3, 0.4) is 0 Å². The molecule has 2 aliphatic heterocycles. The number of piperidine rings is 1. The first kappa shape index (κ1) is 20.3. The normalized spacial score (nSPS) is 24.5. The van der Waals surface area contributed by atoms with Gasteiger partial charge in [0.1, 0.15) is 5.84 Å². The van der Waals surface area contributed by atoms with Gasteiger partial charge in [-0.05, 0) is 45.2 Å². The summed E-state index contributed by atoms with van der Waals surface area (Å²) in [5, 5.41) is 0. The minimum absolute atomic E-state index is 0.0359. The number of benzene rings is 1. The zero-order chi connectivity index (χ0) is 20.3. The van der Waals surface area contributed by atoms with Crippen LogP contribution in [0.1, 0.15) is 45.1 Å². The lowest BCUT2D eigenvalue weighted by Crippen LogP contribution is -2.49. The predicted octanol–water partition coefficient (Wildman–Crippen LogP) is 1.45. The van der Waals surface area contributed by atoms with E-state index < -0.39 is 16.0 Å². The third-order valence-electron chi connectivity index (χ3n) is 5.09. The second-order valence-electron chi connectivity index (χ2n) is 7.17. The van der Waals surface area contributed by atoms with Gasteiger partial charge in [0, 0.05) is 17.6 Å². The van der Waals surface area contributed by atoms with Gasteiger partial charge in [-0.1, -0.05) is 12.1 Å². The van der Waals surface area contributed by atoms with Crippen LogP contribution in [0.15, 0.2) is 34.2 Å². The van der Waals surface area contributed by atoms with Gasteiger partial charge in [0.25, 0.3) is 15.9 Å². The van der Waals surface area contributed by atoms with Crippen molar-refractivity contribution in [1.29, 1.82) is 0 Å². The van der Waals surface area contributed by atoms with Gasteiger partial charge in [0.15, 0.2) is 6.61 Å². The Morgan fingerprint density at radius 1 is 1.21 bits per heavy atom. The standard InChI is InChI=1S/C19H25N3O5S/c1-13-6-5-7-14(2)22(13)17(23)12-27-18(24)10-11-20-19-15-8-3-4-9-16(15)28(25,26)21-19/h3-4,8-9,13-14H,5-7,10-12H2,1-2H3,(H,20,21)/t13-,14-/m0/s1. The van der Waals surface area contributed by atoms with Crippen LogP contribution in [0.4, 0.5) is 0 Å². The number of aliphatic imine (C=N–C) groups is 1. The molecule has 0 spiro atoms. The maximum Gasteiger partial charge on any atom is 0.308 e. The molecule has 1 N–H and O–H groups in total. The Morgan fingerprint density at radius 3 is 2.61 bits per heavy atom. The van der Waals surface area contributed by atoms with Crippen LogP contribution in [0.25, 0.3) is 0 Å². The molecule has 2 aliphatic rings. The summed E-state index contributed by atoms with van der Waals surface area (Å²) in [6.45, 7) is 3.80. The number of hydrogen-bond acceptors (Lipinski definition) is 6. The average molecular weight is 407 g/mol. The number of amidine groups is 1. The number of fused-ring (bicyclic) bond motifs is 1. The fourth-order valence-electron chi connectivity index (χ4n) is 3.71. The molecule has 28 heavy (non-hydrogen) atoms. The molecule has 1 saturated heterocycles. The zero-order valence-corrected chi connectivity index (χ0v) is 16.9. The number of nitrogens with one attached hydrogen (secondary N) is 1. The van der Waals surface area contributed by atoms with Gasteiger partial charge in [0.05, 0.1) is 17.9 Å². The van der Waals surface area contributed by atoms with Crippen molar-refractivity contribution >= 4 is 27.7 Å². The highest BCUT2D eigenvalue weighted by Crippen LogP contribution is 2.23. The monoisotopic (exact) mass is 407 g/mol. The molecule has 0 bridgehead atoms. The highest BCUT2D eigenvalue weighted by atomic mass is 32.2. The minimum Gasteiger partial charge on any atom is -0.456 e. The van der Waals surface area contributed by atoms with Crippen molar-refractivity contribution in [1.82, 2.24) is 9.62 Å². The third-order valence-corrected chi connectivity index (χ3v) is 6.48. The van der Waals surface area contributed by atoms with Gasteiger partial charge in [-0.25, -0.2) is 8.42 Å². The minimum atomic E-state index is -3.60. The zero-order valence-electron chi connectivity index (χ0n) is 16.1. The van der Waals surface area contributed by atoms with Crippen LogP contribution in [0.5, 0.6) is 0 Å². The largest absolute Gasteiger partial charge is 0.456 e. The Morgan fingerprint density at radius 2 is 1.89 bits per heavy atom. The summed E-state index contributed by atoms with van der Waals surface area (Å²) in [6, 6.07) is 6.82. The van der Waals surface area contributed by atoms with Gasteiger partial charge in [-0.15, -0.1) is 0 Å². The van der Waals surface area contributed by atoms with Crippen molar-refractivity contribution in [2.24, 2.45) is 4.99 Å². The number of rotatable bonds is 5. The summed E-state index contributed by atoms with van der Waals surface area (Å²) in [5.74, 6) is -0.503. The SMILES string of the molecule is C[C@H]1CCC[C@H](C)N1C(=O)COC(=O)CCN=C1NS(=O)(=O)c2ccccc21. The summed E-state index contributed by atoms with van der Waals surface area (Å²) in [4.78, 5) is 30.4. The number of sulfonamides is 1. The second-order valence-corrected chi connectivity index (χ2v) is 8.82. The number of carbonyl (C=O) groups excluding carboxylic acids is 2. The predicted molar refractivity (Wildman–Crippen MR) is 103 cm³/mol. The van der Waals surface area contributed by atoms with E-state index in [1.807, 2.05) is 13.8 Å². The Kier molecular flexibility index (Phi) is 6.02. The summed E-state index contributed by atoms with van der Waals surface area (Å²) < 4.78 is 31.5. The lowest BCUT2D eigenvalue weighted by Gasteiger charge is -2.38. The first-order valence-electron chi connectivity index (χ1n) is 9.43. The second kappa shape index (κ2) is 8.30. The van der Waals surface area contributed by atoms with E-state index >= 15 is 0 Å². The molecule has 0 radical (unpaired) electrons. The van der Waals surface area contributed by atoms with Crippen molar-refractivity contribution in [2.45, 2.75) is 56.5 Å². The van der Waals surface area contributed by atoms with Crippen molar-refractivity contribution in [2.75, 3.05) is 13.2 Å².